The summed E-state index contributed by atoms with van der Waals surface area (Å²) in [6, 6.07) is 9.47. The molecule has 0 heterocycles. The van der Waals surface area contributed by atoms with Crippen LogP contribution < -0.4 is 4.74 Å². The average molecular weight is 297 g/mol. The number of ether oxygens (including phenoxy) is 1. The molecule has 2 aromatic carbocycles. The molecule has 0 amide bonds. The lowest BCUT2D eigenvalue weighted by Gasteiger charge is -2.14. The van der Waals surface area contributed by atoms with Crippen molar-refractivity contribution in [1.82, 2.24) is 0 Å². The maximum atomic E-state index is 13.0. The van der Waals surface area contributed by atoms with Gasteiger partial charge in [-0.05, 0) is 43.3 Å². The quantitative estimate of drug-likeness (QED) is 0.788. The van der Waals surface area contributed by atoms with Gasteiger partial charge in [-0.3, -0.25) is 4.79 Å². The lowest BCUT2D eigenvalue weighted by atomic mass is 10.1. The van der Waals surface area contributed by atoms with Crippen molar-refractivity contribution in [2.45, 2.75) is 13.0 Å². The molecule has 0 saturated heterocycles. The molecule has 0 aliphatic heterocycles. The van der Waals surface area contributed by atoms with E-state index >= 15 is 0 Å². The van der Waals surface area contributed by atoms with Crippen LogP contribution in [0.15, 0.2) is 42.5 Å². The Labute approximate surface area is 119 Å². The first-order valence-corrected chi connectivity index (χ1v) is 6.26. The van der Waals surface area contributed by atoms with E-state index in [1.54, 1.807) is 24.3 Å². The molecular formula is C15H11ClF2O2. The molecule has 5 heteroatoms. The van der Waals surface area contributed by atoms with Gasteiger partial charge >= 0.3 is 0 Å². The van der Waals surface area contributed by atoms with Crippen molar-refractivity contribution < 1.29 is 18.3 Å². The fourth-order valence-electron chi connectivity index (χ4n) is 1.66. The fourth-order valence-corrected chi connectivity index (χ4v) is 1.78. The molecule has 1 atom stereocenters. The number of carbonyl (C=O) groups is 1. The van der Waals surface area contributed by atoms with Crippen LogP contribution in [0.1, 0.15) is 17.3 Å². The molecule has 0 saturated carbocycles. The number of carbonyl (C=O) groups excluding carboxylic acids is 1. The Morgan fingerprint density at radius 3 is 2.35 bits per heavy atom. The zero-order valence-corrected chi connectivity index (χ0v) is 11.3. The maximum absolute atomic E-state index is 13.0. The van der Waals surface area contributed by atoms with Crippen molar-refractivity contribution in [1.29, 1.82) is 0 Å². The van der Waals surface area contributed by atoms with E-state index in [0.717, 1.165) is 12.1 Å². The SMILES string of the molecule is CC(Oc1ccc(F)c(F)c1)C(=O)c1ccc(Cl)cc1. The highest BCUT2D eigenvalue weighted by Gasteiger charge is 2.17. The van der Waals surface area contributed by atoms with Crippen molar-refractivity contribution in [2.24, 2.45) is 0 Å². The van der Waals surface area contributed by atoms with Crippen LogP contribution in [0.3, 0.4) is 0 Å². The normalized spacial score (nSPS) is 12.0. The summed E-state index contributed by atoms with van der Waals surface area (Å²) in [6.45, 7) is 1.54. The fraction of sp³-hybridized carbons (Fsp3) is 0.133. The second kappa shape index (κ2) is 6.01. The molecule has 2 nitrogen and oxygen atoms in total. The monoisotopic (exact) mass is 296 g/mol. The highest BCUT2D eigenvalue weighted by molar-refractivity contribution is 6.30. The average Bonchev–Trinajstić information content (AvgIpc) is 2.43. The summed E-state index contributed by atoms with van der Waals surface area (Å²) in [5, 5.41) is 0.524. The Hall–Kier alpha value is -1.94. The third-order valence-electron chi connectivity index (χ3n) is 2.70. The van der Waals surface area contributed by atoms with E-state index in [9.17, 15) is 13.6 Å². The Kier molecular flexibility index (Phi) is 4.35. The maximum Gasteiger partial charge on any atom is 0.202 e. The highest BCUT2D eigenvalue weighted by atomic mass is 35.5. The topological polar surface area (TPSA) is 26.3 Å². The molecule has 0 aliphatic rings. The van der Waals surface area contributed by atoms with Crippen LogP contribution in [-0.2, 0) is 0 Å². The lowest BCUT2D eigenvalue weighted by Crippen LogP contribution is -2.23. The first kappa shape index (κ1) is 14.5. The van der Waals surface area contributed by atoms with Crippen LogP contribution in [0.4, 0.5) is 8.78 Å². The van der Waals surface area contributed by atoms with Crippen LogP contribution in [-0.4, -0.2) is 11.9 Å². The number of halogens is 3. The zero-order chi connectivity index (χ0) is 14.7. The Morgan fingerprint density at radius 2 is 1.75 bits per heavy atom. The van der Waals surface area contributed by atoms with Crippen LogP contribution in [0.5, 0.6) is 5.75 Å². The smallest absolute Gasteiger partial charge is 0.202 e. The van der Waals surface area contributed by atoms with Crippen molar-refractivity contribution in [3.05, 3.63) is 64.7 Å². The van der Waals surface area contributed by atoms with Gasteiger partial charge in [0.1, 0.15) is 5.75 Å². The third kappa shape index (κ3) is 3.33. The minimum atomic E-state index is -1.02. The van der Waals surface area contributed by atoms with Gasteiger partial charge in [0.05, 0.1) is 0 Å². The molecule has 0 aliphatic carbocycles. The predicted molar refractivity (Wildman–Crippen MR) is 72.2 cm³/mol. The van der Waals surface area contributed by atoms with Crippen LogP contribution in [0.25, 0.3) is 0 Å². The molecule has 0 radical (unpaired) electrons. The van der Waals surface area contributed by atoms with E-state index in [0.29, 0.717) is 10.6 Å². The largest absolute Gasteiger partial charge is 0.482 e. The van der Waals surface area contributed by atoms with E-state index in [2.05, 4.69) is 0 Å². The van der Waals surface area contributed by atoms with Gasteiger partial charge in [-0.2, -0.15) is 0 Å². The standard InChI is InChI=1S/C15H11ClF2O2/c1-9(15(19)10-2-4-11(16)5-3-10)20-12-6-7-13(17)14(18)8-12/h2-9H,1H3. The van der Waals surface area contributed by atoms with Crippen molar-refractivity contribution in [3.8, 4) is 5.75 Å². The van der Waals surface area contributed by atoms with Crippen LogP contribution in [0.2, 0.25) is 5.02 Å². The first-order chi connectivity index (χ1) is 9.47. The molecule has 0 bridgehead atoms. The summed E-state index contributed by atoms with van der Waals surface area (Å²) < 4.78 is 31.1. The zero-order valence-electron chi connectivity index (χ0n) is 10.6. The second-order valence-corrected chi connectivity index (χ2v) is 4.64. The van der Waals surface area contributed by atoms with Gasteiger partial charge in [0.15, 0.2) is 17.7 Å². The minimum absolute atomic E-state index is 0.0960. The van der Waals surface area contributed by atoms with Crippen molar-refractivity contribution >= 4 is 17.4 Å². The molecule has 1 unspecified atom stereocenters. The van der Waals surface area contributed by atoms with Gasteiger partial charge in [0.2, 0.25) is 5.78 Å². The molecule has 0 fully saturated rings. The number of hydrogen-bond donors (Lipinski definition) is 0. The highest BCUT2D eigenvalue weighted by Crippen LogP contribution is 2.18. The van der Waals surface area contributed by atoms with E-state index in [4.69, 9.17) is 16.3 Å². The summed E-state index contributed by atoms with van der Waals surface area (Å²) in [5.41, 5.74) is 0.435. The Bertz CT molecular complexity index is 626. The van der Waals surface area contributed by atoms with Gasteiger partial charge in [-0.1, -0.05) is 11.6 Å². The van der Waals surface area contributed by atoms with Crippen LogP contribution in [0, 0.1) is 11.6 Å². The number of ketones is 1. The summed E-state index contributed by atoms with van der Waals surface area (Å²) in [5.74, 6) is -2.16. The lowest BCUT2D eigenvalue weighted by molar-refractivity contribution is 0.0817. The van der Waals surface area contributed by atoms with Crippen molar-refractivity contribution in [2.75, 3.05) is 0 Å². The van der Waals surface area contributed by atoms with Gasteiger partial charge in [0.25, 0.3) is 0 Å². The van der Waals surface area contributed by atoms with Gasteiger partial charge in [-0.15, -0.1) is 0 Å². The second-order valence-electron chi connectivity index (χ2n) is 4.21. The molecule has 0 N–H and O–H groups in total. The Morgan fingerprint density at radius 1 is 1.10 bits per heavy atom. The molecule has 0 aromatic heterocycles. The van der Waals surface area contributed by atoms with E-state index in [-0.39, 0.29) is 11.5 Å². The van der Waals surface area contributed by atoms with Gasteiger partial charge < -0.3 is 4.74 Å². The summed E-state index contributed by atoms with van der Waals surface area (Å²) in [4.78, 5) is 12.1. The Balaban J connectivity index is 2.11. The molecule has 0 spiro atoms. The van der Waals surface area contributed by atoms with E-state index < -0.39 is 17.7 Å². The van der Waals surface area contributed by atoms with Crippen molar-refractivity contribution in [3.63, 3.8) is 0 Å². The predicted octanol–water partition coefficient (Wildman–Crippen LogP) is 4.27. The minimum Gasteiger partial charge on any atom is -0.482 e. The summed E-state index contributed by atoms with van der Waals surface area (Å²) in [6.07, 6.45) is -0.818. The molecular weight excluding hydrogens is 286 g/mol. The molecule has 2 rings (SSSR count). The number of Topliss-reactive ketones (excluding diaryl/α,β-unsaturated/α-hetero) is 1. The first-order valence-electron chi connectivity index (χ1n) is 5.89. The number of rotatable bonds is 4. The van der Waals surface area contributed by atoms with E-state index in [1.807, 2.05) is 0 Å². The number of hydrogen-bond acceptors (Lipinski definition) is 2. The van der Waals surface area contributed by atoms with Crippen LogP contribution >= 0.6 is 11.6 Å². The number of benzene rings is 2. The molecule has 2 aromatic rings. The van der Waals surface area contributed by atoms with Gasteiger partial charge in [-0.25, -0.2) is 8.78 Å². The summed E-state index contributed by atoms with van der Waals surface area (Å²) in [7, 11) is 0. The third-order valence-corrected chi connectivity index (χ3v) is 2.95. The van der Waals surface area contributed by atoms with Gasteiger partial charge in [0, 0.05) is 16.7 Å². The summed E-state index contributed by atoms with van der Waals surface area (Å²) >= 11 is 5.74. The van der Waals surface area contributed by atoms with E-state index in [1.165, 1.54) is 13.0 Å². The molecule has 20 heavy (non-hydrogen) atoms. The molecule has 104 valence electrons.